The minimum absolute atomic E-state index is 0.0493. The van der Waals surface area contributed by atoms with Crippen molar-refractivity contribution in [2.75, 3.05) is 0 Å². The van der Waals surface area contributed by atoms with Gasteiger partial charge in [0.1, 0.15) is 5.15 Å². The van der Waals surface area contributed by atoms with Gasteiger partial charge in [0, 0.05) is 19.2 Å². The lowest BCUT2D eigenvalue weighted by molar-refractivity contribution is 0.534. The molecular formula is C8H11ClN2O2. The van der Waals surface area contributed by atoms with Crippen LogP contribution in [0.15, 0.2) is 15.7 Å². The molecule has 1 aromatic heterocycles. The van der Waals surface area contributed by atoms with Crippen LogP contribution in [0.1, 0.15) is 19.9 Å². The highest BCUT2D eigenvalue weighted by molar-refractivity contribution is 6.29. The molecule has 5 heteroatoms. The number of rotatable bonds is 1. The van der Waals surface area contributed by atoms with Crippen LogP contribution in [0.3, 0.4) is 0 Å². The smallest absolute Gasteiger partial charge is 0.281 e. The molecule has 0 aliphatic heterocycles. The van der Waals surface area contributed by atoms with E-state index in [0.717, 1.165) is 4.57 Å². The first-order chi connectivity index (χ1) is 5.95. The van der Waals surface area contributed by atoms with Crippen molar-refractivity contribution in [2.24, 2.45) is 7.05 Å². The van der Waals surface area contributed by atoms with Crippen molar-refractivity contribution in [2.45, 2.75) is 19.9 Å². The van der Waals surface area contributed by atoms with E-state index >= 15 is 0 Å². The van der Waals surface area contributed by atoms with Crippen molar-refractivity contribution < 1.29 is 0 Å². The second-order valence-corrected chi connectivity index (χ2v) is 3.50. The maximum Gasteiger partial charge on any atom is 0.332 e. The first-order valence-electron chi connectivity index (χ1n) is 3.93. The second-order valence-electron chi connectivity index (χ2n) is 3.11. The summed E-state index contributed by atoms with van der Waals surface area (Å²) in [7, 11) is 1.43. The van der Waals surface area contributed by atoms with Crippen molar-refractivity contribution in [3.8, 4) is 0 Å². The molecule has 0 saturated heterocycles. The second kappa shape index (κ2) is 3.38. The minimum atomic E-state index is -0.382. The Labute approximate surface area is 80.4 Å². The van der Waals surface area contributed by atoms with Gasteiger partial charge >= 0.3 is 5.69 Å². The normalized spacial score (nSPS) is 10.8. The van der Waals surface area contributed by atoms with Crippen LogP contribution in [-0.4, -0.2) is 9.13 Å². The molecule has 0 aromatic carbocycles. The van der Waals surface area contributed by atoms with Gasteiger partial charge in [-0.1, -0.05) is 11.6 Å². The summed E-state index contributed by atoms with van der Waals surface area (Å²) in [6, 6.07) is 1.19. The van der Waals surface area contributed by atoms with Crippen LogP contribution in [0.25, 0.3) is 0 Å². The number of nitrogens with zero attached hydrogens (tertiary/aromatic N) is 2. The van der Waals surface area contributed by atoms with Crippen LogP contribution in [-0.2, 0) is 7.05 Å². The van der Waals surface area contributed by atoms with Gasteiger partial charge in [0.15, 0.2) is 0 Å². The van der Waals surface area contributed by atoms with Gasteiger partial charge in [0.2, 0.25) is 0 Å². The summed E-state index contributed by atoms with van der Waals surface area (Å²) in [6.45, 7) is 3.66. The zero-order valence-corrected chi connectivity index (χ0v) is 8.50. The average Bonchev–Trinajstić information content (AvgIpc) is 1.99. The Morgan fingerprint density at radius 1 is 1.38 bits per heavy atom. The summed E-state index contributed by atoms with van der Waals surface area (Å²) in [5, 5.41) is 0.183. The monoisotopic (exact) mass is 202 g/mol. The third-order valence-corrected chi connectivity index (χ3v) is 2.10. The molecular weight excluding hydrogens is 192 g/mol. The SMILES string of the molecule is CC(C)n1c(Cl)cc(=O)n(C)c1=O. The fraction of sp³-hybridized carbons (Fsp3) is 0.500. The van der Waals surface area contributed by atoms with E-state index in [-0.39, 0.29) is 22.4 Å². The highest BCUT2D eigenvalue weighted by Crippen LogP contribution is 2.08. The Hall–Kier alpha value is -1.03. The van der Waals surface area contributed by atoms with Crippen LogP contribution < -0.4 is 11.2 Å². The maximum atomic E-state index is 11.5. The Morgan fingerprint density at radius 2 is 1.92 bits per heavy atom. The van der Waals surface area contributed by atoms with E-state index in [4.69, 9.17) is 11.6 Å². The standard InChI is InChI=1S/C8H11ClN2O2/c1-5(2)11-6(9)4-7(12)10(3)8(11)13/h4-5H,1-3H3. The molecule has 1 heterocycles. The molecule has 0 aliphatic carbocycles. The van der Waals surface area contributed by atoms with Crippen molar-refractivity contribution in [3.05, 3.63) is 32.1 Å². The molecule has 0 bridgehead atoms. The predicted molar refractivity (Wildman–Crippen MR) is 51.3 cm³/mol. The zero-order valence-electron chi connectivity index (χ0n) is 7.74. The summed E-state index contributed by atoms with van der Waals surface area (Å²) in [5.74, 6) is 0. The minimum Gasteiger partial charge on any atom is -0.281 e. The molecule has 0 fully saturated rings. The van der Waals surface area contributed by atoms with Crippen LogP contribution >= 0.6 is 11.6 Å². The van der Waals surface area contributed by atoms with Crippen molar-refractivity contribution >= 4 is 11.6 Å². The molecule has 0 N–H and O–H groups in total. The summed E-state index contributed by atoms with van der Waals surface area (Å²) in [4.78, 5) is 22.6. The molecule has 72 valence electrons. The van der Waals surface area contributed by atoms with Gasteiger partial charge < -0.3 is 0 Å². The molecule has 0 saturated carbocycles. The number of hydrogen-bond donors (Lipinski definition) is 0. The quantitative estimate of drug-likeness (QED) is 0.632. The van der Waals surface area contributed by atoms with E-state index in [1.54, 1.807) is 0 Å². The molecule has 0 aliphatic rings. The first kappa shape index (κ1) is 10.1. The largest absolute Gasteiger partial charge is 0.332 e. The van der Waals surface area contributed by atoms with Gasteiger partial charge in [-0.25, -0.2) is 4.79 Å². The van der Waals surface area contributed by atoms with Gasteiger partial charge in [-0.05, 0) is 13.8 Å². The molecule has 1 rings (SSSR count). The third kappa shape index (κ3) is 1.67. The first-order valence-corrected chi connectivity index (χ1v) is 4.31. The van der Waals surface area contributed by atoms with Crippen molar-refractivity contribution in [3.63, 3.8) is 0 Å². The lowest BCUT2D eigenvalue weighted by Crippen LogP contribution is -2.38. The van der Waals surface area contributed by atoms with Gasteiger partial charge in [-0.3, -0.25) is 13.9 Å². The lowest BCUT2D eigenvalue weighted by atomic mass is 10.4. The number of aromatic nitrogens is 2. The summed E-state index contributed by atoms with van der Waals surface area (Å²) < 4.78 is 2.40. The fourth-order valence-corrected chi connectivity index (χ4v) is 1.44. The van der Waals surface area contributed by atoms with Crippen LogP contribution in [0.2, 0.25) is 5.15 Å². The summed E-state index contributed by atoms with van der Waals surface area (Å²) >= 11 is 5.75. The maximum absolute atomic E-state index is 11.5. The van der Waals surface area contributed by atoms with E-state index in [1.807, 2.05) is 13.8 Å². The molecule has 0 amide bonds. The van der Waals surface area contributed by atoms with Gasteiger partial charge in [-0.15, -0.1) is 0 Å². The van der Waals surface area contributed by atoms with E-state index < -0.39 is 0 Å². The van der Waals surface area contributed by atoms with Crippen molar-refractivity contribution in [1.82, 2.24) is 9.13 Å². The average molecular weight is 203 g/mol. The number of halogens is 1. The van der Waals surface area contributed by atoms with Gasteiger partial charge in [0.05, 0.1) is 0 Å². The van der Waals surface area contributed by atoms with E-state index in [1.165, 1.54) is 17.7 Å². The topological polar surface area (TPSA) is 44.0 Å². The highest BCUT2D eigenvalue weighted by Gasteiger charge is 2.09. The summed E-state index contributed by atoms with van der Waals surface area (Å²) in [6.07, 6.45) is 0. The van der Waals surface area contributed by atoms with Crippen molar-refractivity contribution in [1.29, 1.82) is 0 Å². The zero-order chi connectivity index (χ0) is 10.2. The van der Waals surface area contributed by atoms with E-state index in [0.29, 0.717) is 0 Å². The van der Waals surface area contributed by atoms with Crippen LogP contribution in [0, 0.1) is 0 Å². The Morgan fingerprint density at radius 3 is 2.38 bits per heavy atom. The Bertz CT molecular complexity index is 431. The van der Waals surface area contributed by atoms with E-state index in [9.17, 15) is 9.59 Å². The predicted octanol–water partition coefficient (Wildman–Crippen LogP) is 0.781. The Kier molecular flexibility index (Phi) is 2.61. The highest BCUT2D eigenvalue weighted by atomic mass is 35.5. The molecule has 0 atom stereocenters. The molecule has 0 unspecified atom stereocenters. The molecule has 0 radical (unpaired) electrons. The molecule has 4 nitrogen and oxygen atoms in total. The Balaban J connectivity index is 3.64. The van der Waals surface area contributed by atoms with Gasteiger partial charge in [0.25, 0.3) is 5.56 Å². The molecule has 0 spiro atoms. The molecule has 13 heavy (non-hydrogen) atoms. The fourth-order valence-electron chi connectivity index (χ4n) is 1.08. The van der Waals surface area contributed by atoms with Gasteiger partial charge in [-0.2, -0.15) is 0 Å². The van der Waals surface area contributed by atoms with Crippen LogP contribution in [0.4, 0.5) is 0 Å². The molecule has 1 aromatic rings. The summed E-state index contributed by atoms with van der Waals surface area (Å²) in [5.41, 5.74) is -0.764. The van der Waals surface area contributed by atoms with Crippen LogP contribution in [0.5, 0.6) is 0 Å². The number of hydrogen-bond acceptors (Lipinski definition) is 2. The third-order valence-electron chi connectivity index (χ3n) is 1.81. The van der Waals surface area contributed by atoms with E-state index in [2.05, 4.69) is 0 Å². The lowest BCUT2D eigenvalue weighted by Gasteiger charge is -2.12.